The van der Waals surface area contributed by atoms with Gasteiger partial charge in [-0.05, 0) is 32.3 Å². The molecule has 94 valence electrons. The number of nitrogens with one attached hydrogen (secondary N) is 1. The average Bonchev–Trinajstić information content (AvgIpc) is 3.14. The molecule has 6 heteroatoms. The highest BCUT2D eigenvalue weighted by Gasteiger charge is 2.23. The second kappa shape index (κ2) is 5.36. The van der Waals surface area contributed by atoms with Gasteiger partial charge < -0.3 is 5.32 Å². The molecule has 0 spiro atoms. The highest BCUT2D eigenvalue weighted by atomic mass is 32.2. The molecule has 0 radical (unpaired) electrons. The van der Waals surface area contributed by atoms with Crippen molar-refractivity contribution in [3.8, 4) is 6.07 Å². The molecular weight excluding hydrogens is 248 g/mol. The Bertz CT molecular complexity index is 520. The minimum atomic E-state index is -0.00795. The quantitative estimate of drug-likeness (QED) is 0.828. The summed E-state index contributed by atoms with van der Waals surface area (Å²) in [6.45, 7) is 3.66. The Morgan fingerprint density at radius 3 is 2.83 bits per heavy atom. The molecule has 1 saturated carbocycles. The van der Waals surface area contributed by atoms with Crippen molar-refractivity contribution in [2.24, 2.45) is 0 Å². The zero-order chi connectivity index (χ0) is 13.1. The van der Waals surface area contributed by atoms with Crippen molar-refractivity contribution in [2.75, 3.05) is 5.75 Å². The summed E-state index contributed by atoms with van der Waals surface area (Å²) in [4.78, 5) is 11.6. The molecule has 18 heavy (non-hydrogen) atoms. The van der Waals surface area contributed by atoms with E-state index in [1.807, 2.05) is 13.8 Å². The summed E-state index contributed by atoms with van der Waals surface area (Å²) in [7, 11) is 0. The van der Waals surface area contributed by atoms with E-state index in [1.54, 1.807) is 0 Å². The first kappa shape index (κ1) is 12.8. The Morgan fingerprint density at radius 1 is 1.50 bits per heavy atom. The fraction of sp³-hybridized carbons (Fsp3) is 0.500. The second-order valence-corrected chi connectivity index (χ2v) is 5.30. The Balaban J connectivity index is 2.02. The van der Waals surface area contributed by atoms with Crippen LogP contribution in [0.3, 0.4) is 0 Å². The SMILES string of the molecule is Cc1nnc(SCC(=O)NC2CC2)c(C#N)c1C. The number of aromatic nitrogens is 2. The number of hydrogen-bond acceptors (Lipinski definition) is 5. The molecule has 0 bridgehead atoms. The molecule has 1 aromatic heterocycles. The van der Waals surface area contributed by atoms with E-state index in [1.165, 1.54) is 11.8 Å². The van der Waals surface area contributed by atoms with Crippen LogP contribution in [0.4, 0.5) is 0 Å². The molecule has 1 heterocycles. The van der Waals surface area contributed by atoms with Gasteiger partial charge in [-0.15, -0.1) is 5.10 Å². The van der Waals surface area contributed by atoms with E-state index in [0.717, 1.165) is 24.1 Å². The standard InChI is InChI=1S/C12H14N4OS/c1-7-8(2)15-16-12(10(7)5-13)18-6-11(17)14-9-3-4-9/h9H,3-4,6H2,1-2H3,(H,14,17). The number of nitrogens with zero attached hydrogens (tertiary/aromatic N) is 3. The van der Waals surface area contributed by atoms with E-state index < -0.39 is 0 Å². The predicted molar refractivity (Wildman–Crippen MR) is 68.1 cm³/mol. The molecule has 0 atom stereocenters. The molecular formula is C12H14N4OS. The molecule has 0 saturated heterocycles. The minimum Gasteiger partial charge on any atom is -0.353 e. The van der Waals surface area contributed by atoms with Gasteiger partial charge in [-0.2, -0.15) is 10.4 Å². The molecule has 0 aromatic carbocycles. The number of aryl methyl sites for hydroxylation is 1. The lowest BCUT2D eigenvalue weighted by molar-refractivity contribution is -0.118. The van der Waals surface area contributed by atoms with E-state index >= 15 is 0 Å². The van der Waals surface area contributed by atoms with Crippen molar-refractivity contribution >= 4 is 17.7 Å². The summed E-state index contributed by atoms with van der Waals surface area (Å²) in [5.41, 5.74) is 2.10. The molecule has 2 rings (SSSR count). The van der Waals surface area contributed by atoms with Crippen LogP contribution >= 0.6 is 11.8 Å². The first-order chi connectivity index (χ1) is 8.61. The smallest absolute Gasteiger partial charge is 0.230 e. The average molecular weight is 262 g/mol. The summed E-state index contributed by atoms with van der Waals surface area (Å²) in [5, 5.41) is 20.5. The first-order valence-corrected chi connectivity index (χ1v) is 6.76. The van der Waals surface area contributed by atoms with Crippen LogP contribution in [0.2, 0.25) is 0 Å². The monoisotopic (exact) mass is 262 g/mol. The van der Waals surface area contributed by atoms with E-state index in [0.29, 0.717) is 16.6 Å². The molecule has 1 N–H and O–H groups in total. The van der Waals surface area contributed by atoms with E-state index in [9.17, 15) is 4.79 Å². The van der Waals surface area contributed by atoms with Crippen molar-refractivity contribution < 1.29 is 4.79 Å². The Morgan fingerprint density at radius 2 is 2.22 bits per heavy atom. The molecule has 5 nitrogen and oxygen atoms in total. The number of thioether (sulfide) groups is 1. The van der Waals surface area contributed by atoms with Gasteiger partial charge in [0, 0.05) is 6.04 Å². The maximum absolute atomic E-state index is 11.6. The van der Waals surface area contributed by atoms with E-state index in [4.69, 9.17) is 5.26 Å². The third-order valence-corrected chi connectivity index (χ3v) is 3.78. The number of carbonyl (C=O) groups is 1. The third kappa shape index (κ3) is 2.99. The molecule has 0 unspecified atom stereocenters. The molecule has 1 amide bonds. The summed E-state index contributed by atoms with van der Waals surface area (Å²) in [6.07, 6.45) is 2.15. The van der Waals surface area contributed by atoms with Crippen LogP contribution in [0.25, 0.3) is 0 Å². The zero-order valence-corrected chi connectivity index (χ0v) is 11.2. The van der Waals surface area contributed by atoms with Crippen molar-refractivity contribution in [1.29, 1.82) is 5.26 Å². The maximum Gasteiger partial charge on any atom is 0.230 e. The van der Waals surface area contributed by atoms with Crippen LogP contribution in [-0.4, -0.2) is 27.9 Å². The van der Waals surface area contributed by atoms with Crippen LogP contribution < -0.4 is 5.32 Å². The van der Waals surface area contributed by atoms with Gasteiger partial charge in [-0.25, -0.2) is 0 Å². The van der Waals surface area contributed by atoms with Crippen LogP contribution in [0.15, 0.2) is 5.03 Å². The summed E-state index contributed by atoms with van der Waals surface area (Å²) >= 11 is 1.26. The van der Waals surface area contributed by atoms with Crippen molar-refractivity contribution in [3.05, 3.63) is 16.8 Å². The normalized spacial score (nSPS) is 14.1. The predicted octanol–water partition coefficient (Wildman–Crippen LogP) is 1.34. The van der Waals surface area contributed by atoms with Crippen molar-refractivity contribution in [1.82, 2.24) is 15.5 Å². The maximum atomic E-state index is 11.6. The molecule has 0 aliphatic heterocycles. The third-order valence-electron chi connectivity index (χ3n) is 2.82. The largest absolute Gasteiger partial charge is 0.353 e. The van der Waals surface area contributed by atoms with E-state index in [-0.39, 0.29) is 11.7 Å². The van der Waals surface area contributed by atoms with Gasteiger partial charge in [0.2, 0.25) is 5.91 Å². The Kier molecular flexibility index (Phi) is 3.82. The van der Waals surface area contributed by atoms with Crippen molar-refractivity contribution in [3.63, 3.8) is 0 Å². The molecule has 1 aliphatic carbocycles. The Labute approximate surface area is 110 Å². The minimum absolute atomic E-state index is 0.00795. The number of hydrogen-bond donors (Lipinski definition) is 1. The highest BCUT2D eigenvalue weighted by Crippen LogP contribution is 2.23. The summed E-state index contributed by atoms with van der Waals surface area (Å²) < 4.78 is 0. The van der Waals surface area contributed by atoms with Crippen LogP contribution in [0.1, 0.15) is 29.7 Å². The topological polar surface area (TPSA) is 78.7 Å². The lowest BCUT2D eigenvalue weighted by Gasteiger charge is -2.06. The number of nitriles is 1. The van der Waals surface area contributed by atoms with Gasteiger partial charge in [-0.1, -0.05) is 11.8 Å². The van der Waals surface area contributed by atoms with E-state index in [2.05, 4.69) is 21.6 Å². The molecule has 1 aromatic rings. The van der Waals surface area contributed by atoms with Crippen LogP contribution in [-0.2, 0) is 4.79 Å². The summed E-state index contributed by atoms with van der Waals surface area (Å²) in [6, 6.07) is 2.49. The second-order valence-electron chi connectivity index (χ2n) is 4.33. The van der Waals surface area contributed by atoms with Gasteiger partial charge in [0.25, 0.3) is 0 Å². The number of rotatable bonds is 4. The lowest BCUT2D eigenvalue weighted by Crippen LogP contribution is -2.27. The van der Waals surface area contributed by atoms with Gasteiger partial charge in [-0.3, -0.25) is 4.79 Å². The molecule has 1 aliphatic rings. The highest BCUT2D eigenvalue weighted by molar-refractivity contribution is 7.99. The molecule has 1 fully saturated rings. The number of amides is 1. The fourth-order valence-corrected chi connectivity index (χ4v) is 2.24. The van der Waals surface area contributed by atoms with Gasteiger partial charge >= 0.3 is 0 Å². The fourth-order valence-electron chi connectivity index (χ4n) is 1.45. The van der Waals surface area contributed by atoms with Gasteiger partial charge in [0.05, 0.1) is 17.0 Å². The van der Waals surface area contributed by atoms with Crippen LogP contribution in [0.5, 0.6) is 0 Å². The first-order valence-electron chi connectivity index (χ1n) is 5.78. The lowest BCUT2D eigenvalue weighted by atomic mass is 10.1. The van der Waals surface area contributed by atoms with Gasteiger partial charge in [0.1, 0.15) is 11.1 Å². The van der Waals surface area contributed by atoms with Crippen molar-refractivity contribution in [2.45, 2.75) is 37.8 Å². The Hall–Kier alpha value is -1.61. The van der Waals surface area contributed by atoms with Gasteiger partial charge in [0.15, 0.2) is 0 Å². The summed E-state index contributed by atoms with van der Waals surface area (Å²) in [5.74, 6) is 0.272. The van der Waals surface area contributed by atoms with Crippen LogP contribution in [0, 0.1) is 25.2 Å². The number of carbonyl (C=O) groups excluding carboxylic acids is 1. The zero-order valence-electron chi connectivity index (χ0n) is 10.4.